The van der Waals surface area contributed by atoms with Gasteiger partial charge in [-0.05, 0) is 45.6 Å². The van der Waals surface area contributed by atoms with E-state index in [0.29, 0.717) is 52.1 Å². The lowest BCUT2D eigenvalue weighted by Gasteiger charge is -2.30. The topological polar surface area (TPSA) is 106 Å². The first-order chi connectivity index (χ1) is 15.2. The largest absolute Gasteiger partial charge is 0.445 e. The molecular formula is C23H35N3O6. The van der Waals surface area contributed by atoms with Crippen molar-refractivity contribution in [2.45, 2.75) is 58.3 Å². The number of rotatable bonds is 9. The molecule has 178 valence electrons. The number of nitrogens with one attached hydrogen (secondary N) is 2. The summed E-state index contributed by atoms with van der Waals surface area (Å²) in [6.07, 6.45) is 0.614. The molecule has 1 unspecified atom stereocenters. The number of hydrogen-bond donors (Lipinski definition) is 2. The summed E-state index contributed by atoms with van der Waals surface area (Å²) in [7, 11) is 0. The molecule has 0 aromatic heterocycles. The van der Waals surface area contributed by atoms with Crippen LogP contribution in [0, 0.1) is 0 Å². The normalized spacial score (nSPS) is 14.9. The van der Waals surface area contributed by atoms with Gasteiger partial charge in [0.1, 0.15) is 18.2 Å². The minimum Gasteiger partial charge on any atom is -0.445 e. The van der Waals surface area contributed by atoms with Crippen molar-refractivity contribution in [3.05, 3.63) is 35.9 Å². The third kappa shape index (κ3) is 10.00. The van der Waals surface area contributed by atoms with Gasteiger partial charge < -0.3 is 29.7 Å². The van der Waals surface area contributed by atoms with Crippen LogP contribution in [-0.2, 0) is 25.6 Å². The maximum absolute atomic E-state index is 12.9. The second kappa shape index (κ2) is 12.9. The predicted octanol–water partition coefficient (Wildman–Crippen LogP) is 2.84. The van der Waals surface area contributed by atoms with Crippen molar-refractivity contribution in [2.24, 2.45) is 0 Å². The van der Waals surface area contributed by atoms with Crippen LogP contribution in [0.2, 0.25) is 0 Å². The quantitative estimate of drug-likeness (QED) is 0.562. The van der Waals surface area contributed by atoms with Gasteiger partial charge in [0.25, 0.3) is 0 Å². The highest BCUT2D eigenvalue weighted by molar-refractivity contribution is 5.85. The molecule has 1 saturated heterocycles. The SMILES string of the molecule is CC(C)(C)OC(=O)NCCCCC(NC(=O)OCc1ccccc1)C(=O)N1CCOCC1. The molecule has 0 saturated carbocycles. The molecule has 1 aromatic carbocycles. The van der Waals surface area contributed by atoms with Crippen LogP contribution in [0.3, 0.4) is 0 Å². The van der Waals surface area contributed by atoms with Crippen LogP contribution < -0.4 is 10.6 Å². The molecule has 3 amide bonds. The maximum atomic E-state index is 12.9. The first kappa shape index (κ1) is 25.5. The summed E-state index contributed by atoms with van der Waals surface area (Å²) in [4.78, 5) is 38.7. The zero-order valence-electron chi connectivity index (χ0n) is 19.2. The van der Waals surface area contributed by atoms with E-state index in [9.17, 15) is 14.4 Å². The molecule has 0 spiro atoms. The summed E-state index contributed by atoms with van der Waals surface area (Å²) in [5, 5.41) is 5.41. The first-order valence-electron chi connectivity index (χ1n) is 11.1. The van der Waals surface area contributed by atoms with Crippen molar-refractivity contribution < 1.29 is 28.6 Å². The van der Waals surface area contributed by atoms with Gasteiger partial charge in [0.05, 0.1) is 13.2 Å². The summed E-state index contributed by atoms with van der Waals surface area (Å²) in [5.41, 5.74) is 0.316. The Morgan fingerprint density at radius 1 is 1.06 bits per heavy atom. The number of carbonyl (C=O) groups is 3. The van der Waals surface area contributed by atoms with E-state index in [0.717, 1.165) is 5.56 Å². The highest BCUT2D eigenvalue weighted by Crippen LogP contribution is 2.10. The predicted molar refractivity (Wildman–Crippen MR) is 119 cm³/mol. The van der Waals surface area contributed by atoms with Crippen LogP contribution in [-0.4, -0.2) is 67.5 Å². The molecule has 2 rings (SSSR count). The second-order valence-electron chi connectivity index (χ2n) is 8.62. The number of carbonyl (C=O) groups excluding carboxylic acids is 3. The third-order valence-electron chi connectivity index (χ3n) is 4.71. The van der Waals surface area contributed by atoms with Crippen molar-refractivity contribution in [1.29, 1.82) is 0 Å². The molecule has 0 bridgehead atoms. The number of ether oxygens (including phenoxy) is 3. The van der Waals surface area contributed by atoms with Crippen molar-refractivity contribution in [3.8, 4) is 0 Å². The van der Waals surface area contributed by atoms with E-state index < -0.39 is 23.8 Å². The highest BCUT2D eigenvalue weighted by atomic mass is 16.6. The lowest BCUT2D eigenvalue weighted by atomic mass is 10.1. The van der Waals surface area contributed by atoms with Gasteiger partial charge in [-0.15, -0.1) is 0 Å². The number of nitrogens with zero attached hydrogens (tertiary/aromatic N) is 1. The second-order valence-corrected chi connectivity index (χ2v) is 8.62. The molecule has 1 fully saturated rings. The summed E-state index contributed by atoms with van der Waals surface area (Å²) >= 11 is 0. The third-order valence-corrected chi connectivity index (χ3v) is 4.71. The summed E-state index contributed by atoms with van der Waals surface area (Å²) in [5.74, 6) is -0.148. The minimum atomic E-state index is -0.696. The molecule has 1 aromatic rings. The Bertz CT molecular complexity index is 729. The minimum absolute atomic E-state index is 0.130. The number of amides is 3. The van der Waals surface area contributed by atoms with Crippen molar-refractivity contribution in [3.63, 3.8) is 0 Å². The fourth-order valence-corrected chi connectivity index (χ4v) is 3.15. The lowest BCUT2D eigenvalue weighted by molar-refractivity contribution is -0.137. The Morgan fingerprint density at radius 2 is 1.75 bits per heavy atom. The molecule has 9 heteroatoms. The van der Waals surface area contributed by atoms with Crippen LogP contribution in [0.1, 0.15) is 45.6 Å². The Balaban J connectivity index is 1.81. The van der Waals surface area contributed by atoms with Gasteiger partial charge in [0.2, 0.25) is 5.91 Å². The Kier molecular flexibility index (Phi) is 10.3. The van der Waals surface area contributed by atoms with Crippen LogP contribution in [0.15, 0.2) is 30.3 Å². The molecule has 1 aliphatic rings. The highest BCUT2D eigenvalue weighted by Gasteiger charge is 2.27. The zero-order chi connectivity index (χ0) is 23.4. The average Bonchev–Trinajstić information content (AvgIpc) is 2.76. The fourth-order valence-electron chi connectivity index (χ4n) is 3.15. The van der Waals surface area contributed by atoms with Crippen molar-refractivity contribution >= 4 is 18.1 Å². The number of hydrogen-bond acceptors (Lipinski definition) is 6. The van der Waals surface area contributed by atoms with Crippen LogP contribution in [0.5, 0.6) is 0 Å². The number of unbranched alkanes of at least 4 members (excludes halogenated alkanes) is 1. The standard InChI is InChI=1S/C23H35N3O6/c1-23(2,3)32-21(28)24-12-8-7-11-19(20(27)26-13-15-30-16-14-26)25-22(29)31-17-18-9-5-4-6-10-18/h4-6,9-10,19H,7-8,11-17H2,1-3H3,(H,24,28)(H,25,29). The number of benzene rings is 1. The van der Waals surface area contributed by atoms with E-state index in [2.05, 4.69) is 10.6 Å². The molecule has 2 N–H and O–H groups in total. The Morgan fingerprint density at radius 3 is 2.41 bits per heavy atom. The van der Waals surface area contributed by atoms with Gasteiger partial charge in [-0.3, -0.25) is 4.79 Å². The van der Waals surface area contributed by atoms with E-state index in [4.69, 9.17) is 14.2 Å². The van der Waals surface area contributed by atoms with Gasteiger partial charge in [-0.2, -0.15) is 0 Å². The summed E-state index contributed by atoms with van der Waals surface area (Å²) < 4.78 is 15.8. The van der Waals surface area contributed by atoms with Gasteiger partial charge in [-0.25, -0.2) is 9.59 Å². The number of alkyl carbamates (subject to hydrolysis) is 2. The van der Waals surface area contributed by atoms with Crippen molar-refractivity contribution in [2.75, 3.05) is 32.8 Å². The first-order valence-corrected chi connectivity index (χ1v) is 11.1. The molecule has 1 aliphatic heterocycles. The maximum Gasteiger partial charge on any atom is 0.408 e. The smallest absolute Gasteiger partial charge is 0.408 e. The van der Waals surface area contributed by atoms with Gasteiger partial charge in [0, 0.05) is 19.6 Å². The zero-order valence-corrected chi connectivity index (χ0v) is 19.2. The lowest BCUT2D eigenvalue weighted by Crippen LogP contribution is -2.51. The van der Waals surface area contributed by atoms with E-state index in [1.165, 1.54) is 0 Å². The summed E-state index contributed by atoms with van der Waals surface area (Å²) in [6.45, 7) is 7.92. The van der Waals surface area contributed by atoms with Gasteiger partial charge in [-0.1, -0.05) is 30.3 Å². The van der Waals surface area contributed by atoms with Crippen LogP contribution in [0.4, 0.5) is 9.59 Å². The fraction of sp³-hybridized carbons (Fsp3) is 0.609. The molecule has 9 nitrogen and oxygen atoms in total. The monoisotopic (exact) mass is 449 g/mol. The summed E-state index contributed by atoms with van der Waals surface area (Å²) in [6, 6.07) is 8.65. The van der Waals surface area contributed by atoms with E-state index in [1.807, 2.05) is 30.3 Å². The van der Waals surface area contributed by atoms with Gasteiger partial charge in [0.15, 0.2) is 0 Å². The molecule has 32 heavy (non-hydrogen) atoms. The molecule has 0 radical (unpaired) electrons. The van der Waals surface area contributed by atoms with E-state index >= 15 is 0 Å². The van der Waals surface area contributed by atoms with Crippen LogP contribution in [0.25, 0.3) is 0 Å². The molecule has 1 atom stereocenters. The average molecular weight is 450 g/mol. The number of morpholine rings is 1. The van der Waals surface area contributed by atoms with Crippen LogP contribution >= 0.6 is 0 Å². The molecular weight excluding hydrogens is 414 g/mol. The van der Waals surface area contributed by atoms with E-state index in [-0.39, 0.29) is 12.5 Å². The van der Waals surface area contributed by atoms with Crippen molar-refractivity contribution in [1.82, 2.24) is 15.5 Å². The Hall–Kier alpha value is -2.81. The van der Waals surface area contributed by atoms with E-state index in [1.54, 1.807) is 25.7 Å². The van der Waals surface area contributed by atoms with Gasteiger partial charge >= 0.3 is 12.2 Å². The Labute approximate surface area is 189 Å². The molecule has 0 aliphatic carbocycles. The molecule has 1 heterocycles.